The van der Waals surface area contributed by atoms with Crippen molar-refractivity contribution in [1.29, 1.82) is 0 Å². The Morgan fingerprint density at radius 2 is 1.73 bits per heavy atom. The van der Waals surface area contributed by atoms with Gasteiger partial charge in [-0.15, -0.1) is 0 Å². The van der Waals surface area contributed by atoms with Gasteiger partial charge in [-0.1, -0.05) is 17.7 Å². The predicted molar refractivity (Wildman–Crippen MR) is 127 cm³/mol. The zero-order valence-electron chi connectivity index (χ0n) is 19.5. The number of carbonyl (C=O) groups is 2. The van der Waals surface area contributed by atoms with Crippen molar-refractivity contribution in [3.63, 3.8) is 0 Å². The summed E-state index contributed by atoms with van der Waals surface area (Å²) in [6.45, 7) is 6.77. The summed E-state index contributed by atoms with van der Waals surface area (Å²) in [6, 6.07) is 9.43. The maximum absolute atomic E-state index is 13.0. The highest BCUT2D eigenvalue weighted by Gasteiger charge is 2.34. The van der Waals surface area contributed by atoms with Gasteiger partial charge in [-0.25, -0.2) is 8.42 Å². The van der Waals surface area contributed by atoms with Gasteiger partial charge in [0.25, 0.3) is 15.9 Å². The Morgan fingerprint density at radius 3 is 2.33 bits per heavy atom. The van der Waals surface area contributed by atoms with E-state index in [-0.39, 0.29) is 16.7 Å². The molecule has 2 aromatic carbocycles. The Balaban J connectivity index is 1.72. The molecule has 0 saturated carbocycles. The molecule has 1 unspecified atom stereocenters. The van der Waals surface area contributed by atoms with E-state index in [2.05, 4.69) is 10.0 Å². The Kier molecular flexibility index (Phi) is 7.76. The monoisotopic (exact) mass is 473 g/mol. The number of likely N-dealkylation sites (tertiary alicyclic amines) is 1. The van der Waals surface area contributed by atoms with Crippen LogP contribution >= 0.6 is 0 Å². The molecule has 0 aliphatic carbocycles. The highest BCUT2D eigenvalue weighted by atomic mass is 32.2. The maximum atomic E-state index is 13.0. The fourth-order valence-corrected chi connectivity index (χ4v) is 5.83. The van der Waals surface area contributed by atoms with E-state index in [1.54, 1.807) is 50.1 Å². The van der Waals surface area contributed by atoms with Gasteiger partial charge in [0.2, 0.25) is 5.91 Å². The quantitative estimate of drug-likeness (QED) is 0.574. The first-order valence-corrected chi connectivity index (χ1v) is 12.4. The smallest absolute Gasteiger partial charge is 0.262 e. The lowest BCUT2D eigenvalue weighted by Gasteiger charge is -2.24. The standard InChI is InChI=1S/C24H31N3O5S/c1-16-14-17(2)22(18(3)15-16)33(30,31)26-20-9-7-19(8-10-20)24(29)27-12-5-6-21(27)23(28)25-11-13-32-4/h7-10,14-15,21,26H,5-6,11-13H2,1-4H3,(H,25,28). The normalized spacial score (nSPS) is 16.0. The number of hydrogen-bond acceptors (Lipinski definition) is 5. The van der Waals surface area contributed by atoms with Gasteiger partial charge < -0.3 is 15.0 Å². The maximum Gasteiger partial charge on any atom is 0.262 e. The number of aryl methyl sites for hydroxylation is 3. The lowest BCUT2D eigenvalue weighted by atomic mass is 10.1. The largest absolute Gasteiger partial charge is 0.383 e. The van der Waals surface area contributed by atoms with Gasteiger partial charge in [-0.3, -0.25) is 14.3 Å². The summed E-state index contributed by atoms with van der Waals surface area (Å²) in [7, 11) is -2.22. The summed E-state index contributed by atoms with van der Waals surface area (Å²) in [4.78, 5) is 27.3. The van der Waals surface area contributed by atoms with Crippen molar-refractivity contribution in [2.24, 2.45) is 0 Å². The molecule has 9 heteroatoms. The molecule has 0 bridgehead atoms. The van der Waals surface area contributed by atoms with E-state index < -0.39 is 16.1 Å². The number of carbonyl (C=O) groups excluding carboxylic acids is 2. The van der Waals surface area contributed by atoms with Gasteiger partial charge in [0.1, 0.15) is 6.04 Å². The molecule has 8 nitrogen and oxygen atoms in total. The molecule has 0 aromatic heterocycles. The number of methoxy groups -OCH3 is 1. The van der Waals surface area contributed by atoms with E-state index in [0.29, 0.717) is 48.5 Å². The second-order valence-corrected chi connectivity index (χ2v) is 9.97. The molecule has 1 atom stereocenters. The molecule has 1 aliphatic rings. The molecule has 2 amide bonds. The molecular formula is C24H31N3O5S. The summed E-state index contributed by atoms with van der Waals surface area (Å²) in [5.41, 5.74) is 3.11. The van der Waals surface area contributed by atoms with Crippen molar-refractivity contribution in [3.05, 3.63) is 58.7 Å². The van der Waals surface area contributed by atoms with Gasteiger partial charge >= 0.3 is 0 Å². The lowest BCUT2D eigenvalue weighted by Crippen LogP contribution is -2.46. The van der Waals surface area contributed by atoms with Crippen LogP contribution in [0.15, 0.2) is 41.3 Å². The van der Waals surface area contributed by atoms with Crippen molar-refractivity contribution in [2.75, 3.05) is 31.5 Å². The molecule has 2 aromatic rings. The van der Waals surface area contributed by atoms with Crippen LogP contribution in [-0.2, 0) is 19.6 Å². The van der Waals surface area contributed by atoms with Crippen molar-refractivity contribution in [3.8, 4) is 0 Å². The fourth-order valence-electron chi connectivity index (χ4n) is 4.32. The number of benzene rings is 2. The number of anilines is 1. The summed E-state index contributed by atoms with van der Waals surface area (Å²) in [5, 5.41) is 2.79. The minimum absolute atomic E-state index is 0.189. The molecule has 0 spiro atoms. The molecule has 1 heterocycles. The Morgan fingerprint density at radius 1 is 1.09 bits per heavy atom. The van der Waals surface area contributed by atoms with Crippen LogP contribution in [0.2, 0.25) is 0 Å². The van der Waals surface area contributed by atoms with E-state index in [0.717, 1.165) is 12.0 Å². The van der Waals surface area contributed by atoms with Crippen LogP contribution < -0.4 is 10.0 Å². The molecule has 33 heavy (non-hydrogen) atoms. The third-order valence-corrected chi connectivity index (χ3v) is 7.37. The number of rotatable bonds is 8. The second-order valence-electron chi connectivity index (χ2n) is 8.35. The van der Waals surface area contributed by atoms with Crippen molar-refractivity contribution in [1.82, 2.24) is 10.2 Å². The zero-order valence-corrected chi connectivity index (χ0v) is 20.3. The van der Waals surface area contributed by atoms with Crippen molar-refractivity contribution >= 4 is 27.5 Å². The molecule has 178 valence electrons. The SMILES string of the molecule is COCCNC(=O)C1CCCN1C(=O)c1ccc(NS(=O)(=O)c2c(C)cc(C)cc2C)cc1. The lowest BCUT2D eigenvalue weighted by molar-refractivity contribution is -0.125. The van der Waals surface area contributed by atoms with Gasteiger partial charge in [-0.2, -0.15) is 0 Å². The number of nitrogens with zero attached hydrogens (tertiary/aromatic N) is 1. The van der Waals surface area contributed by atoms with Crippen LogP contribution in [-0.4, -0.2) is 58.0 Å². The zero-order chi connectivity index (χ0) is 24.2. The third kappa shape index (κ3) is 5.72. The van der Waals surface area contributed by atoms with Crippen molar-refractivity contribution < 1.29 is 22.7 Å². The predicted octanol–water partition coefficient (Wildman–Crippen LogP) is 2.78. The Labute approximate surface area is 195 Å². The molecule has 3 rings (SSSR count). The minimum atomic E-state index is -3.78. The third-order valence-electron chi connectivity index (χ3n) is 5.68. The first-order chi connectivity index (χ1) is 15.6. The molecule has 0 radical (unpaired) electrons. The first kappa shape index (κ1) is 24.7. The molecular weight excluding hydrogens is 442 g/mol. The van der Waals surface area contributed by atoms with Crippen LogP contribution in [0, 0.1) is 20.8 Å². The summed E-state index contributed by atoms with van der Waals surface area (Å²) < 4.78 is 33.5. The van der Waals surface area contributed by atoms with Gasteiger partial charge in [-0.05, 0) is 69.0 Å². The fraction of sp³-hybridized carbons (Fsp3) is 0.417. The number of hydrogen-bond donors (Lipinski definition) is 2. The highest BCUT2D eigenvalue weighted by Crippen LogP contribution is 2.25. The highest BCUT2D eigenvalue weighted by molar-refractivity contribution is 7.92. The summed E-state index contributed by atoms with van der Waals surface area (Å²) in [6.07, 6.45) is 1.36. The van der Waals surface area contributed by atoms with E-state index in [1.807, 2.05) is 19.1 Å². The van der Waals surface area contributed by atoms with Crippen molar-refractivity contribution in [2.45, 2.75) is 44.6 Å². The van der Waals surface area contributed by atoms with Gasteiger partial charge in [0.15, 0.2) is 0 Å². The van der Waals surface area contributed by atoms with E-state index >= 15 is 0 Å². The van der Waals surface area contributed by atoms with Crippen LogP contribution in [0.5, 0.6) is 0 Å². The number of amides is 2. The Bertz CT molecular complexity index is 1110. The van der Waals surface area contributed by atoms with Crippen LogP contribution in [0.3, 0.4) is 0 Å². The van der Waals surface area contributed by atoms with Gasteiger partial charge in [0.05, 0.1) is 11.5 Å². The number of sulfonamides is 1. The van der Waals surface area contributed by atoms with Crippen LogP contribution in [0.25, 0.3) is 0 Å². The Hall–Kier alpha value is -2.91. The minimum Gasteiger partial charge on any atom is -0.383 e. The second kappa shape index (κ2) is 10.4. The average Bonchev–Trinajstić information content (AvgIpc) is 3.22. The van der Waals surface area contributed by atoms with E-state index in [1.165, 1.54) is 0 Å². The average molecular weight is 474 g/mol. The summed E-state index contributed by atoms with van der Waals surface area (Å²) >= 11 is 0. The molecule has 1 aliphatic heterocycles. The molecule has 2 N–H and O–H groups in total. The van der Waals surface area contributed by atoms with E-state index in [9.17, 15) is 18.0 Å². The number of ether oxygens (including phenoxy) is 1. The van der Waals surface area contributed by atoms with E-state index in [4.69, 9.17) is 4.74 Å². The summed E-state index contributed by atoms with van der Waals surface area (Å²) in [5.74, 6) is -0.440. The topological polar surface area (TPSA) is 105 Å². The molecule has 1 saturated heterocycles. The van der Waals surface area contributed by atoms with Crippen LogP contribution in [0.1, 0.15) is 39.9 Å². The van der Waals surface area contributed by atoms with Gasteiger partial charge in [0, 0.05) is 31.5 Å². The first-order valence-electron chi connectivity index (χ1n) is 10.9. The number of nitrogens with one attached hydrogen (secondary N) is 2. The van der Waals surface area contributed by atoms with Crippen LogP contribution in [0.4, 0.5) is 5.69 Å². The molecule has 1 fully saturated rings.